The fraction of sp³-hybridized carbons (Fsp3) is 0.353. The summed E-state index contributed by atoms with van der Waals surface area (Å²) >= 11 is 6.20. The second kappa shape index (κ2) is 7.59. The van der Waals surface area contributed by atoms with Crippen molar-refractivity contribution in [3.8, 4) is 11.5 Å². The lowest BCUT2D eigenvalue weighted by Crippen LogP contribution is -2.29. The lowest BCUT2D eigenvalue weighted by atomic mass is 10.0. The largest absolute Gasteiger partial charge is 0.492 e. The molecule has 1 aromatic carbocycles. The van der Waals surface area contributed by atoms with Crippen molar-refractivity contribution in [1.29, 1.82) is 0 Å². The van der Waals surface area contributed by atoms with Gasteiger partial charge in [-0.05, 0) is 38.0 Å². The average molecular weight is 383 g/mol. The Bertz CT molecular complexity index is 857. The summed E-state index contributed by atoms with van der Waals surface area (Å²) < 4.78 is 39.6. The molecule has 0 saturated carbocycles. The van der Waals surface area contributed by atoms with Crippen molar-refractivity contribution in [3.05, 3.63) is 47.1 Å². The maximum Gasteiger partial charge on any atom is 0.262 e. The van der Waals surface area contributed by atoms with E-state index in [0.29, 0.717) is 36.8 Å². The number of halogens is 1. The van der Waals surface area contributed by atoms with E-state index >= 15 is 0 Å². The first-order chi connectivity index (χ1) is 12.0. The number of ether oxygens (including phenoxy) is 2. The third-order valence-electron chi connectivity index (χ3n) is 3.84. The molecular formula is C17H19ClN2O4S. The van der Waals surface area contributed by atoms with Gasteiger partial charge in [0.1, 0.15) is 5.75 Å². The summed E-state index contributed by atoms with van der Waals surface area (Å²) in [5.74, 6) is 0.758. The number of benzene rings is 1. The Morgan fingerprint density at radius 2 is 2.20 bits per heavy atom. The molecule has 134 valence electrons. The van der Waals surface area contributed by atoms with Crippen LogP contribution in [0.1, 0.15) is 31.4 Å². The quantitative estimate of drug-likeness (QED) is 0.858. The molecule has 1 unspecified atom stereocenters. The number of sulfonamides is 1. The van der Waals surface area contributed by atoms with Crippen molar-refractivity contribution in [2.45, 2.75) is 30.8 Å². The molecule has 1 atom stereocenters. The van der Waals surface area contributed by atoms with Crippen molar-refractivity contribution < 1.29 is 17.9 Å². The van der Waals surface area contributed by atoms with Gasteiger partial charge in [-0.15, -0.1) is 0 Å². The van der Waals surface area contributed by atoms with Crippen LogP contribution in [-0.4, -0.2) is 26.6 Å². The molecule has 0 saturated heterocycles. The predicted molar refractivity (Wildman–Crippen MR) is 94.6 cm³/mol. The van der Waals surface area contributed by atoms with Gasteiger partial charge < -0.3 is 9.47 Å². The standard InChI is InChI=1S/C17H19ClN2O4S/c1-2-23-15-9-4-10-19-17(15)25(21,22)20-14-8-5-11-24-16-12(14)6-3-7-13(16)18/h3-4,6-7,9-10,14,20H,2,5,8,11H2,1H3. The molecule has 25 heavy (non-hydrogen) atoms. The zero-order valence-corrected chi connectivity index (χ0v) is 15.3. The van der Waals surface area contributed by atoms with Crippen molar-refractivity contribution in [2.75, 3.05) is 13.2 Å². The molecule has 1 aliphatic rings. The number of rotatable bonds is 5. The SMILES string of the molecule is CCOc1cccnc1S(=O)(=O)NC1CCCOc2c(Cl)cccc21. The van der Waals surface area contributed by atoms with E-state index < -0.39 is 16.1 Å². The zero-order chi connectivity index (χ0) is 17.9. The summed E-state index contributed by atoms with van der Waals surface area (Å²) in [6, 6.07) is 8.11. The van der Waals surface area contributed by atoms with Crippen LogP contribution >= 0.6 is 11.6 Å². The van der Waals surface area contributed by atoms with Crippen LogP contribution < -0.4 is 14.2 Å². The number of pyridine rings is 1. The molecule has 6 nitrogen and oxygen atoms in total. The van der Waals surface area contributed by atoms with E-state index in [4.69, 9.17) is 21.1 Å². The van der Waals surface area contributed by atoms with Crippen LogP contribution in [0.2, 0.25) is 5.02 Å². The van der Waals surface area contributed by atoms with Crippen LogP contribution in [0, 0.1) is 0 Å². The third kappa shape index (κ3) is 3.89. The Morgan fingerprint density at radius 3 is 3.00 bits per heavy atom. The van der Waals surface area contributed by atoms with Crippen LogP contribution in [0.15, 0.2) is 41.6 Å². The van der Waals surface area contributed by atoms with E-state index in [0.717, 1.165) is 5.56 Å². The highest BCUT2D eigenvalue weighted by Gasteiger charge is 2.29. The van der Waals surface area contributed by atoms with Gasteiger partial charge in [0.2, 0.25) is 5.03 Å². The zero-order valence-electron chi connectivity index (χ0n) is 13.7. The fourth-order valence-corrected chi connectivity index (χ4v) is 4.34. The Morgan fingerprint density at radius 1 is 1.36 bits per heavy atom. The minimum atomic E-state index is -3.87. The summed E-state index contributed by atoms with van der Waals surface area (Å²) in [5, 5.41) is 0.349. The first kappa shape index (κ1) is 18.0. The second-order valence-corrected chi connectivity index (χ2v) is 7.60. The van der Waals surface area contributed by atoms with E-state index in [1.807, 2.05) is 6.07 Å². The maximum absolute atomic E-state index is 12.9. The molecule has 8 heteroatoms. The predicted octanol–water partition coefficient (Wildman–Crippen LogP) is 3.33. The summed E-state index contributed by atoms with van der Waals surface area (Å²) in [5.41, 5.74) is 0.725. The first-order valence-electron chi connectivity index (χ1n) is 8.04. The minimum absolute atomic E-state index is 0.120. The van der Waals surface area contributed by atoms with Crippen molar-refractivity contribution >= 4 is 21.6 Å². The Hall–Kier alpha value is -1.83. The molecule has 0 bridgehead atoms. The molecular weight excluding hydrogens is 364 g/mol. The molecule has 1 aromatic heterocycles. The fourth-order valence-electron chi connectivity index (χ4n) is 2.78. The van der Waals surface area contributed by atoms with Gasteiger partial charge >= 0.3 is 0 Å². The monoisotopic (exact) mass is 382 g/mol. The van der Waals surface area contributed by atoms with Gasteiger partial charge in [-0.1, -0.05) is 23.7 Å². The highest BCUT2D eigenvalue weighted by atomic mass is 35.5. The van der Waals surface area contributed by atoms with Crippen LogP contribution in [0.3, 0.4) is 0 Å². The summed E-state index contributed by atoms with van der Waals surface area (Å²) in [4.78, 5) is 4.00. The normalized spacial score (nSPS) is 17.3. The van der Waals surface area contributed by atoms with E-state index in [1.165, 1.54) is 6.20 Å². The van der Waals surface area contributed by atoms with Crippen LogP contribution in [0.5, 0.6) is 11.5 Å². The van der Waals surface area contributed by atoms with Gasteiger partial charge in [-0.3, -0.25) is 0 Å². The van der Waals surface area contributed by atoms with Gasteiger partial charge in [-0.25, -0.2) is 18.1 Å². The number of fused-ring (bicyclic) bond motifs is 1. The van der Waals surface area contributed by atoms with E-state index in [2.05, 4.69) is 9.71 Å². The molecule has 0 radical (unpaired) electrons. The molecule has 0 spiro atoms. The Kier molecular flexibility index (Phi) is 5.46. The second-order valence-electron chi connectivity index (χ2n) is 5.56. The van der Waals surface area contributed by atoms with Crippen LogP contribution in [0.4, 0.5) is 0 Å². The number of para-hydroxylation sites is 1. The third-order valence-corrected chi connectivity index (χ3v) is 5.55. The number of nitrogens with one attached hydrogen (secondary N) is 1. The molecule has 1 N–H and O–H groups in total. The van der Waals surface area contributed by atoms with Gasteiger partial charge in [0.05, 0.1) is 24.3 Å². The van der Waals surface area contributed by atoms with Gasteiger partial charge in [0.15, 0.2) is 5.75 Å². The number of nitrogens with zero attached hydrogens (tertiary/aromatic N) is 1. The van der Waals surface area contributed by atoms with Crippen molar-refractivity contribution in [2.24, 2.45) is 0 Å². The highest BCUT2D eigenvalue weighted by Crippen LogP contribution is 2.37. The number of aromatic nitrogens is 1. The first-order valence-corrected chi connectivity index (χ1v) is 9.90. The minimum Gasteiger partial charge on any atom is -0.492 e. The van der Waals surface area contributed by atoms with E-state index in [-0.39, 0.29) is 10.8 Å². The molecule has 1 aliphatic heterocycles. The van der Waals surface area contributed by atoms with Crippen LogP contribution in [-0.2, 0) is 10.0 Å². The van der Waals surface area contributed by atoms with Crippen molar-refractivity contribution in [1.82, 2.24) is 9.71 Å². The topological polar surface area (TPSA) is 77.5 Å². The Labute approximate surface area is 152 Å². The van der Waals surface area contributed by atoms with E-state index in [9.17, 15) is 8.42 Å². The molecule has 2 aromatic rings. The number of hydrogen-bond donors (Lipinski definition) is 1. The Balaban J connectivity index is 1.96. The summed E-state index contributed by atoms with van der Waals surface area (Å²) in [6.07, 6.45) is 2.74. The van der Waals surface area contributed by atoms with Gasteiger partial charge in [0.25, 0.3) is 10.0 Å². The average Bonchev–Trinajstić information content (AvgIpc) is 2.79. The van der Waals surface area contributed by atoms with Gasteiger partial charge in [0, 0.05) is 11.8 Å². The lowest BCUT2D eigenvalue weighted by molar-refractivity contribution is 0.316. The number of hydrogen-bond acceptors (Lipinski definition) is 5. The molecule has 0 aliphatic carbocycles. The van der Waals surface area contributed by atoms with Crippen molar-refractivity contribution in [3.63, 3.8) is 0 Å². The maximum atomic E-state index is 12.9. The van der Waals surface area contributed by atoms with Gasteiger partial charge in [-0.2, -0.15) is 0 Å². The summed E-state index contributed by atoms with van der Waals surface area (Å²) in [7, 11) is -3.87. The smallest absolute Gasteiger partial charge is 0.262 e. The van der Waals surface area contributed by atoms with Crippen LogP contribution in [0.25, 0.3) is 0 Å². The lowest BCUT2D eigenvalue weighted by Gasteiger charge is -2.19. The molecule has 3 rings (SSSR count). The molecule has 2 heterocycles. The molecule has 0 fully saturated rings. The van der Waals surface area contributed by atoms with E-state index in [1.54, 1.807) is 31.2 Å². The molecule has 0 amide bonds. The summed E-state index contributed by atoms with van der Waals surface area (Å²) in [6.45, 7) is 2.63. The highest BCUT2D eigenvalue weighted by molar-refractivity contribution is 7.89.